The van der Waals surface area contributed by atoms with Gasteiger partial charge in [-0.05, 0) is 105 Å². The first kappa shape index (κ1) is 50.8. The van der Waals surface area contributed by atoms with Crippen LogP contribution in [0.25, 0.3) is 10.9 Å². The summed E-state index contributed by atoms with van der Waals surface area (Å²) in [6, 6.07) is 18.0. The van der Waals surface area contributed by atoms with Crippen molar-refractivity contribution in [2.45, 2.75) is 106 Å². The molecule has 376 valence electrons. The van der Waals surface area contributed by atoms with Crippen LogP contribution in [0, 0.1) is 17.8 Å². The van der Waals surface area contributed by atoms with Gasteiger partial charge in [-0.1, -0.05) is 55.3 Å². The third kappa shape index (κ3) is 10.6. The number of nitrogens with zero attached hydrogens (tertiary/aromatic N) is 3. The molecule has 0 bridgehead atoms. The summed E-state index contributed by atoms with van der Waals surface area (Å²) in [7, 11) is -1.33. The number of hydrogen-bond acceptors (Lipinski definition) is 14. The summed E-state index contributed by atoms with van der Waals surface area (Å²) in [5.74, 6) is -1.39. The van der Waals surface area contributed by atoms with Crippen molar-refractivity contribution in [2.24, 2.45) is 22.9 Å². The average Bonchev–Trinajstić information content (AvgIpc) is 3.38. The van der Waals surface area contributed by atoms with Gasteiger partial charge < -0.3 is 43.5 Å². The molecule has 4 aliphatic rings. The number of aromatic nitrogens is 1. The van der Waals surface area contributed by atoms with E-state index >= 15 is 8.42 Å². The number of oxime groups is 1. The van der Waals surface area contributed by atoms with E-state index in [2.05, 4.69) is 23.0 Å². The lowest BCUT2D eigenvalue weighted by Crippen LogP contribution is -2.70. The minimum Gasteiger partial charge on any atom is -0.497 e. The number of unbranched alkanes of at least 4 members (excludes halogenated alkanes) is 2. The number of sulfonamides is 1. The van der Waals surface area contributed by atoms with Crippen molar-refractivity contribution in [1.29, 1.82) is 0 Å². The molecule has 7 atom stereocenters. The zero-order chi connectivity index (χ0) is 49.3. The predicted molar refractivity (Wildman–Crippen MR) is 265 cm³/mol. The lowest BCUT2D eigenvalue weighted by atomic mass is 9.55. The molecule has 2 aliphatic heterocycles. The van der Waals surface area contributed by atoms with Crippen molar-refractivity contribution in [3.8, 4) is 23.0 Å². The minimum absolute atomic E-state index is 0.0154. The number of allylic oxidation sites excluding steroid dienone is 1. The van der Waals surface area contributed by atoms with Gasteiger partial charge in [-0.3, -0.25) is 10.3 Å². The number of aliphatic hydroxyl groups is 2. The van der Waals surface area contributed by atoms with Gasteiger partial charge in [0.1, 0.15) is 27.9 Å². The summed E-state index contributed by atoms with van der Waals surface area (Å²) in [5.41, 5.74) is 2.81. The number of fused-ring (bicyclic) bond motifs is 3. The van der Waals surface area contributed by atoms with Crippen molar-refractivity contribution < 1.29 is 56.7 Å². The van der Waals surface area contributed by atoms with Gasteiger partial charge in [0, 0.05) is 61.7 Å². The Labute approximate surface area is 410 Å². The highest BCUT2D eigenvalue weighted by Crippen LogP contribution is 2.62. The number of nitrogens with one attached hydrogen (secondary N) is 1. The Morgan fingerprint density at radius 2 is 1.80 bits per heavy atom. The van der Waals surface area contributed by atoms with E-state index < -0.39 is 46.1 Å². The topological polar surface area (TPSA) is 197 Å². The minimum atomic E-state index is -4.36. The Morgan fingerprint density at radius 1 is 1.00 bits per heavy atom. The van der Waals surface area contributed by atoms with Gasteiger partial charge in [0.15, 0.2) is 0 Å². The summed E-state index contributed by atoms with van der Waals surface area (Å²) in [6.45, 7) is 6.68. The van der Waals surface area contributed by atoms with Gasteiger partial charge in [-0.2, -0.15) is 4.31 Å². The summed E-state index contributed by atoms with van der Waals surface area (Å²) < 4.78 is 70.2. The summed E-state index contributed by atoms with van der Waals surface area (Å²) in [4.78, 5) is 24.6. The van der Waals surface area contributed by atoms with E-state index in [-0.39, 0.29) is 55.3 Å². The molecule has 16 nitrogen and oxygen atoms in total. The number of anilines is 1. The molecule has 1 saturated carbocycles. The molecule has 1 aromatic heterocycles. The Kier molecular flexibility index (Phi) is 16.8. The maximum atomic E-state index is 15.7. The van der Waals surface area contributed by atoms with Crippen LogP contribution in [0.15, 0.2) is 107 Å². The number of aliphatic hydroxyl groups excluding tert-OH is 2. The van der Waals surface area contributed by atoms with Crippen LogP contribution >= 0.6 is 0 Å². The van der Waals surface area contributed by atoms with E-state index in [4.69, 9.17) is 38.4 Å². The average molecular weight is 983 g/mol. The smallest absolute Gasteiger partial charge is 0.417 e. The molecule has 70 heavy (non-hydrogen) atoms. The van der Waals surface area contributed by atoms with Crippen LogP contribution in [0.5, 0.6) is 23.0 Å². The fourth-order valence-electron chi connectivity index (χ4n) is 10.8. The van der Waals surface area contributed by atoms with Crippen molar-refractivity contribution >= 4 is 38.4 Å². The fourth-order valence-corrected chi connectivity index (χ4v) is 12.7. The van der Waals surface area contributed by atoms with E-state index in [9.17, 15) is 15.0 Å². The van der Waals surface area contributed by atoms with E-state index in [0.29, 0.717) is 84.7 Å². The summed E-state index contributed by atoms with van der Waals surface area (Å²) in [5, 5.41) is 28.5. The Balaban J connectivity index is 1.32. The first-order chi connectivity index (χ1) is 34.1. The number of para-hydroxylation sites is 1. The zero-order valence-corrected chi connectivity index (χ0v) is 41.1. The highest BCUT2D eigenvalue weighted by Gasteiger charge is 2.66. The maximum absolute atomic E-state index is 15.7. The molecule has 2 aliphatic carbocycles. The number of hydrogen-bond donors (Lipinski definition) is 3. The monoisotopic (exact) mass is 982 g/mol. The van der Waals surface area contributed by atoms with Crippen molar-refractivity contribution in [2.75, 3.05) is 52.5 Å². The van der Waals surface area contributed by atoms with Crippen LogP contribution in [0.3, 0.4) is 0 Å². The third-order valence-corrected chi connectivity index (χ3v) is 15.8. The number of pyridine rings is 1. The Bertz CT molecular complexity index is 2630. The van der Waals surface area contributed by atoms with Gasteiger partial charge >= 0.3 is 6.09 Å². The molecule has 3 aromatic carbocycles. The molecule has 4 aromatic rings. The highest BCUT2D eigenvalue weighted by molar-refractivity contribution is 7.89. The third-order valence-electron chi connectivity index (χ3n) is 13.9. The number of ether oxygens (including phenoxy) is 6. The second-order valence-electron chi connectivity index (χ2n) is 18.2. The molecular weight excluding hydrogens is 917 g/mol. The van der Waals surface area contributed by atoms with Crippen LogP contribution in [0.2, 0.25) is 0 Å². The predicted octanol–water partition coefficient (Wildman–Crippen LogP) is 9.12. The normalized spacial score (nSPS) is 24.5. The SMILES string of the molecule is C=CCO[C@@]12Oc3ccc(OC(=O)Nc4ccc(OC)cc4OC)cc3[C@H]3[C@H](CCCCO)[C@@H](CCCCO)C=C(C(=NOC4CCCCO4)C[C@@H]1N(CCC)S(=O)(=O)c1cccc4cccnc14)[C@H]32. The van der Waals surface area contributed by atoms with E-state index in [1.807, 2.05) is 25.1 Å². The zero-order valence-electron chi connectivity index (χ0n) is 40.3. The van der Waals surface area contributed by atoms with Gasteiger partial charge in [0.25, 0.3) is 0 Å². The summed E-state index contributed by atoms with van der Waals surface area (Å²) in [6.07, 6.45) is 11.1. The number of carbonyl (C=O) groups excluding carboxylic acids is 1. The first-order valence-electron chi connectivity index (χ1n) is 24.5. The van der Waals surface area contributed by atoms with E-state index in [0.717, 1.165) is 36.8 Å². The van der Waals surface area contributed by atoms with Gasteiger partial charge in [0.2, 0.25) is 22.1 Å². The molecule has 3 N–H and O–H groups in total. The molecule has 1 unspecified atom stereocenters. The molecule has 17 heteroatoms. The molecule has 3 heterocycles. The van der Waals surface area contributed by atoms with E-state index in [1.165, 1.54) is 11.4 Å². The molecule has 0 radical (unpaired) electrons. The Morgan fingerprint density at radius 3 is 2.54 bits per heavy atom. The van der Waals surface area contributed by atoms with Crippen LogP contribution in [-0.4, -0.2) is 105 Å². The van der Waals surface area contributed by atoms with Crippen molar-refractivity contribution in [1.82, 2.24) is 9.29 Å². The molecule has 2 fully saturated rings. The summed E-state index contributed by atoms with van der Waals surface area (Å²) >= 11 is 0. The van der Waals surface area contributed by atoms with Gasteiger partial charge in [-0.15, -0.1) is 6.58 Å². The second-order valence-corrected chi connectivity index (χ2v) is 20.1. The maximum Gasteiger partial charge on any atom is 0.417 e. The quantitative estimate of drug-likeness (QED) is 0.0383. The molecular formula is C53H66N4O12S. The number of benzene rings is 3. The molecule has 0 spiro atoms. The first-order valence-corrected chi connectivity index (χ1v) is 26.0. The van der Waals surface area contributed by atoms with Crippen LogP contribution in [-0.2, 0) is 24.3 Å². The highest BCUT2D eigenvalue weighted by atomic mass is 32.2. The molecule has 1 amide bonds. The fraction of sp³-hybridized carbons (Fsp3) is 0.491. The number of amides is 1. The van der Waals surface area contributed by atoms with Crippen molar-refractivity contribution in [3.05, 3.63) is 103 Å². The van der Waals surface area contributed by atoms with Crippen LogP contribution in [0.4, 0.5) is 10.5 Å². The second kappa shape index (κ2) is 23.1. The molecule has 8 rings (SSSR count). The van der Waals surface area contributed by atoms with Crippen LogP contribution < -0.4 is 24.3 Å². The lowest BCUT2D eigenvalue weighted by Gasteiger charge is -2.59. The number of carbonyl (C=O) groups is 1. The van der Waals surface area contributed by atoms with E-state index in [1.54, 1.807) is 67.9 Å². The van der Waals surface area contributed by atoms with Gasteiger partial charge in [0.05, 0.1) is 56.3 Å². The largest absolute Gasteiger partial charge is 0.497 e. The lowest BCUT2D eigenvalue weighted by molar-refractivity contribution is -0.251. The van der Waals surface area contributed by atoms with Crippen LogP contribution in [0.1, 0.15) is 89.0 Å². The number of methoxy groups -OCH3 is 2. The Hall–Kier alpha value is -5.56. The number of rotatable bonds is 22. The molecule has 1 saturated heterocycles. The van der Waals surface area contributed by atoms with Crippen molar-refractivity contribution in [3.63, 3.8) is 0 Å². The van der Waals surface area contributed by atoms with Gasteiger partial charge in [-0.25, -0.2) is 13.2 Å². The standard InChI is InChI=1S/C53H66N4O12S/c1-5-26-57(70(61,62)46-19-13-16-35-17-14-25-54-51(35)46)47-34-43(56-69-48-20-9-12-30-65-48)40-31-36(15-7-10-27-58)39(18-8-11-28-59)49-41-32-38(22-24-44(41)68-53(47,50(40)49)66-29-6-2)67-52(60)55-42-23-21-37(63-3)33-45(42)64-4/h6,13-14,16-17,19,21-25,31-33,36,39,47-50,58-59H,2,5,7-12,15,18,20,26-30,34H2,1,3-4H3,(H,55,60)/t36-,39+,47-,48?,49+,50+,53+/m0/s1.